The van der Waals surface area contributed by atoms with Crippen LogP contribution in [0, 0.1) is 0 Å². The number of benzene rings is 3. The molecule has 1 aromatic heterocycles. The first-order chi connectivity index (χ1) is 16.1. The predicted octanol–water partition coefficient (Wildman–Crippen LogP) is 5.09. The van der Waals surface area contributed by atoms with E-state index in [0.717, 1.165) is 38.7 Å². The van der Waals surface area contributed by atoms with Crippen molar-refractivity contribution in [3.63, 3.8) is 0 Å². The van der Waals surface area contributed by atoms with Gasteiger partial charge >= 0.3 is 12.1 Å². The van der Waals surface area contributed by atoms with E-state index >= 15 is 0 Å². The highest BCUT2D eigenvalue weighted by molar-refractivity contribution is 5.83. The van der Waals surface area contributed by atoms with Crippen molar-refractivity contribution in [2.75, 3.05) is 6.61 Å². The third-order valence-electron chi connectivity index (χ3n) is 6.23. The minimum absolute atomic E-state index is 0.0466. The Hall–Kier alpha value is -4.06. The summed E-state index contributed by atoms with van der Waals surface area (Å²) >= 11 is 0. The summed E-state index contributed by atoms with van der Waals surface area (Å²) in [7, 11) is 0. The molecule has 0 saturated heterocycles. The minimum Gasteiger partial charge on any atom is -0.481 e. The van der Waals surface area contributed by atoms with Gasteiger partial charge in [-0.15, -0.1) is 0 Å². The van der Waals surface area contributed by atoms with E-state index in [1.165, 1.54) is 0 Å². The lowest BCUT2D eigenvalue weighted by atomic mass is 9.98. The van der Waals surface area contributed by atoms with E-state index in [1.807, 2.05) is 54.7 Å². The number of carboxylic acids is 1. The van der Waals surface area contributed by atoms with Gasteiger partial charge < -0.3 is 20.1 Å². The lowest BCUT2D eigenvalue weighted by molar-refractivity contribution is -0.137. The highest BCUT2D eigenvalue weighted by atomic mass is 16.5. The van der Waals surface area contributed by atoms with Crippen molar-refractivity contribution in [3.8, 4) is 11.1 Å². The second kappa shape index (κ2) is 8.82. The van der Waals surface area contributed by atoms with Gasteiger partial charge in [0.1, 0.15) is 6.61 Å². The Morgan fingerprint density at radius 2 is 1.58 bits per heavy atom. The number of hydrogen-bond acceptors (Lipinski definition) is 3. The Morgan fingerprint density at radius 1 is 0.939 bits per heavy atom. The quantitative estimate of drug-likeness (QED) is 0.373. The van der Waals surface area contributed by atoms with Gasteiger partial charge in [0, 0.05) is 29.1 Å². The molecule has 0 radical (unpaired) electrons. The zero-order chi connectivity index (χ0) is 22.8. The molecule has 1 atom stereocenters. The van der Waals surface area contributed by atoms with Crippen molar-refractivity contribution in [2.24, 2.45) is 0 Å². The number of aromatic nitrogens is 1. The van der Waals surface area contributed by atoms with E-state index < -0.39 is 18.1 Å². The molecule has 1 aliphatic rings. The van der Waals surface area contributed by atoms with Gasteiger partial charge in [-0.3, -0.25) is 4.79 Å². The highest BCUT2D eigenvalue weighted by Crippen LogP contribution is 2.44. The molecule has 1 amide bonds. The van der Waals surface area contributed by atoms with Crippen LogP contribution in [0.25, 0.3) is 22.0 Å². The third-order valence-corrected chi connectivity index (χ3v) is 6.23. The largest absolute Gasteiger partial charge is 0.481 e. The van der Waals surface area contributed by atoms with Gasteiger partial charge in [-0.05, 0) is 40.3 Å². The lowest BCUT2D eigenvalue weighted by Gasteiger charge is -2.19. The molecule has 0 fully saturated rings. The number of H-pyrrole nitrogens is 1. The minimum atomic E-state index is -0.973. The average Bonchev–Trinajstić information content (AvgIpc) is 3.36. The summed E-state index contributed by atoms with van der Waals surface area (Å²) in [5.41, 5.74) is 6.51. The van der Waals surface area contributed by atoms with E-state index in [-0.39, 0.29) is 18.9 Å². The average molecular weight is 440 g/mol. The summed E-state index contributed by atoms with van der Waals surface area (Å²) in [6.07, 6.45) is 1.45. The summed E-state index contributed by atoms with van der Waals surface area (Å²) in [4.78, 5) is 27.3. The van der Waals surface area contributed by atoms with Gasteiger partial charge in [-0.2, -0.15) is 0 Å². The molecule has 1 heterocycles. The third kappa shape index (κ3) is 4.20. The first-order valence-corrected chi connectivity index (χ1v) is 11.0. The SMILES string of the molecule is O=C(O)C[C@@H](Cc1c[nH]c2ccccc12)NC(=O)OCC1c2ccccc2-c2ccccc21. The van der Waals surface area contributed by atoms with Crippen LogP contribution >= 0.6 is 0 Å². The number of para-hydroxylation sites is 1. The first-order valence-electron chi connectivity index (χ1n) is 11.0. The van der Waals surface area contributed by atoms with Gasteiger partial charge in [-0.1, -0.05) is 66.7 Å². The molecule has 5 rings (SSSR count). The molecule has 0 aliphatic heterocycles. The standard InChI is InChI=1S/C27H24N2O4/c30-26(31)14-18(13-17-15-28-25-12-6-5-7-19(17)25)29-27(32)33-16-24-22-10-3-1-8-20(22)21-9-2-4-11-23(21)24/h1-12,15,18,24,28H,13-14,16H2,(H,29,32)(H,30,31)/t18-/m1/s1. The first kappa shape index (κ1) is 20.8. The Morgan fingerprint density at radius 3 is 2.27 bits per heavy atom. The van der Waals surface area contributed by atoms with Crippen molar-refractivity contribution in [1.29, 1.82) is 0 Å². The molecule has 166 valence electrons. The Kier molecular flexibility index (Phi) is 5.57. The number of fused-ring (bicyclic) bond motifs is 4. The van der Waals surface area contributed by atoms with E-state index in [1.54, 1.807) is 0 Å². The molecule has 0 unspecified atom stereocenters. The fraction of sp³-hybridized carbons (Fsp3) is 0.185. The van der Waals surface area contributed by atoms with Gasteiger partial charge in [0.05, 0.1) is 6.42 Å². The Labute approximate surface area is 191 Å². The number of carboxylic acid groups (broad SMARTS) is 1. The van der Waals surface area contributed by atoms with Crippen LogP contribution in [-0.4, -0.2) is 34.8 Å². The molecular formula is C27H24N2O4. The molecule has 3 aromatic carbocycles. The van der Waals surface area contributed by atoms with E-state index in [0.29, 0.717) is 6.42 Å². The number of carbonyl (C=O) groups is 2. The van der Waals surface area contributed by atoms with Crippen LogP contribution in [0.15, 0.2) is 79.0 Å². The monoisotopic (exact) mass is 440 g/mol. The molecule has 0 saturated carbocycles. The van der Waals surface area contributed by atoms with Crippen molar-refractivity contribution in [1.82, 2.24) is 10.3 Å². The number of ether oxygens (including phenoxy) is 1. The zero-order valence-corrected chi connectivity index (χ0v) is 18.0. The number of carbonyl (C=O) groups excluding carboxylic acids is 1. The number of aromatic amines is 1. The lowest BCUT2D eigenvalue weighted by Crippen LogP contribution is -2.38. The summed E-state index contributed by atoms with van der Waals surface area (Å²) in [5, 5.41) is 13.1. The molecule has 3 N–H and O–H groups in total. The maximum Gasteiger partial charge on any atom is 0.407 e. The van der Waals surface area contributed by atoms with Gasteiger partial charge in [-0.25, -0.2) is 4.79 Å². The maximum atomic E-state index is 12.7. The molecule has 33 heavy (non-hydrogen) atoms. The van der Waals surface area contributed by atoms with Crippen molar-refractivity contribution >= 4 is 23.0 Å². The summed E-state index contributed by atoms with van der Waals surface area (Å²) in [6.45, 7) is 0.187. The number of hydrogen-bond donors (Lipinski definition) is 3. The van der Waals surface area contributed by atoms with Gasteiger partial charge in [0.15, 0.2) is 0 Å². The number of amides is 1. The summed E-state index contributed by atoms with van der Waals surface area (Å²) in [5.74, 6) is -1.02. The van der Waals surface area contributed by atoms with Crippen LogP contribution in [-0.2, 0) is 16.0 Å². The molecule has 0 spiro atoms. The van der Waals surface area contributed by atoms with Crippen LogP contribution in [0.4, 0.5) is 4.79 Å². The smallest absolute Gasteiger partial charge is 0.407 e. The highest BCUT2D eigenvalue weighted by Gasteiger charge is 2.29. The van der Waals surface area contributed by atoms with Crippen molar-refractivity contribution < 1.29 is 19.4 Å². The van der Waals surface area contributed by atoms with E-state index in [9.17, 15) is 14.7 Å². The molecule has 4 aromatic rings. The van der Waals surface area contributed by atoms with Gasteiger partial charge in [0.2, 0.25) is 0 Å². The Balaban J connectivity index is 1.28. The summed E-state index contributed by atoms with van der Waals surface area (Å²) < 4.78 is 5.61. The van der Waals surface area contributed by atoms with E-state index in [4.69, 9.17) is 4.74 Å². The van der Waals surface area contributed by atoms with Gasteiger partial charge in [0.25, 0.3) is 0 Å². The normalized spacial score (nSPS) is 13.3. The number of nitrogens with one attached hydrogen (secondary N) is 2. The molecule has 0 bridgehead atoms. The number of rotatable bonds is 7. The van der Waals surface area contributed by atoms with Crippen molar-refractivity contribution in [2.45, 2.75) is 24.8 Å². The molecule has 6 nitrogen and oxygen atoms in total. The van der Waals surface area contributed by atoms with Crippen molar-refractivity contribution in [3.05, 3.63) is 95.7 Å². The van der Waals surface area contributed by atoms with E-state index in [2.05, 4.69) is 34.6 Å². The topological polar surface area (TPSA) is 91.4 Å². The fourth-order valence-electron chi connectivity index (χ4n) is 4.76. The maximum absolute atomic E-state index is 12.7. The summed E-state index contributed by atoms with van der Waals surface area (Å²) in [6, 6.07) is 23.5. The van der Waals surface area contributed by atoms with Crippen LogP contribution in [0.3, 0.4) is 0 Å². The Bertz CT molecular complexity index is 1280. The predicted molar refractivity (Wildman–Crippen MR) is 126 cm³/mol. The zero-order valence-electron chi connectivity index (χ0n) is 18.0. The van der Waals surface area contributed by atoms with Crippen LogP contribution in [0.2, 0.25) is 0 Å². The number of aliphatic carboxylic acids is 1. The molecule has 1 aliphatic carbocycles. The second-order valence-electron chi connectivity index (χ2n) is 8.33. The van der Waals surface area contributed by atoms with Crippen LogP contribution in [0.1, 0.15) is 29.0 Å². The fourth-order valence-corrected chi connectivity index (χ4v) is 4.76. The van der Waals surface area contributed by atoms with Crippen LogP contribution < -0.4 is 5.32 Å². The van der Waals surface area contributed by atoms with Crippen LogP contribution in [0.5, 0.6) is 0 Å². The second-order valence-corrected chi connectivity index (χ2v) is 8.33. The molecular weight excluding hydrogens is 416 g/mol. The molecule has 6 heteroatoms. The number of alkyl carbamates (subject to hydrolysis) is 1.